The Morgan fingerprint density at radius 2 is 1.68 bits per heavy atom. The average molecular weight is 573 g/mol. The van der Waals surface area contributed by atoms with Crippen LogP contribution in [0.2, 0.25) is 0 Å². The van der Waals surface area contributed by atoms with Crippen molar-refractivity contribution >= 4 is 17.5 Å². The predicted octanol–water partition coefficient (Wildman–Crippen LogP) is 7.32. The van der Waals surface area contributed by atoms with Crippen LogP contribution in [0.4, 0.5) is 11.4 Å². The summed E-state index contributed by atoms with van der Waals surface area (Å²) in [6, 6.07) is 20.0. The molecule has 0 fully saturated rings. The van der Waals surface area contributed by atoms with Crippen LogP contribution in [0.25, 0.3) is 17.2 Å². The van der Waals surface area contributed by atoms with Crippen LogP contribution in [0.1, 0.15) is 53.6 Å². The van der Waals surface area contributed by atoms with Gasteiger partial charge in [0.05, 0.1) is 0 Å². The van der Waals surface area contributed by atoms with Gasteiger partial charge in [-0.2, -0.15) is 0 Å². The van der Waals surface area contributed by atoms with Crippen molar-refractivity contribution in [3.8, 4) is 16.9 Å². The Morgan fingerprint density at radius 3 is 2.39 bits per heavy atom. The van der Waals surface area contributed by atoms with Gasteiger partial charge < -0.3 is 0 Å². The molecule has 0 saturated carbocycles. The van der Waals surface area contributed by atoms with Gasteiger partial charge >= 0.3 is 201 Å². The molecule has 0 radical (unpaired) electrons. The minimum atomic E-state index is 0.000105. The molecule has 3 heteroatoms. The predicted molar refractivity (Wildman–Crippen MR) is 126 cm³/mol. The zero-order valence-electron chi connectivity index (χ0n) is 18.9. The van der Waals surface area contributed by atoms with Crippen LogP contribution in [0.3, 0.4) is 0 Å². The number of methoxy groups -OCH3 is 1. The number of fused-ring (bicyclic) bond motifs is 4. The molecule has 2 aliphatic rings. The maximum absolute atomic E-state index is 6.20. The van der Waals surface area contributed by atoms with E-state index in [9.17, 15) is 0 Å². The molecule has 1 aliphatic carbocycles. The average Bonchev–Trinajstić information content (AvgIpc) is 3.05. The van der Waals surface area contributed by atoms with Crippen molar-refractivity contribution in [1.82, 2.24) is 0 Å². The molecule has 0 amide bonds. The summed E-state index contributed by atoms with van der Waals surface area (Å²) in [4.78, 5) is 2.49. The molecule has 3 aromatic rings. The van der Waals surface area contributed by atoms with E-state index in [-0.39, 0.29) is 5.41 Å². The van der Waals surface area contributed by atoms with Crippen molar-refractivity contribution in [3.05, 3.63) is 82.4 Å². The van der Waals surface area contributed by atoms with Crippen LogP contribution in [0, 0.1) is 0 Å². The summed E-state index contributed by atoms with van der Waals surface area (Å²) in [5.41, 5.74) is 12.1. The van der Waals surface area contributed by atoms with Gasteiger partial charge in [0.15, 0.2) is 0 Å². The molecular formula is C28H28HfNO. The number of ether oxygens (including phenoxy) is 1. The molecule has 1 heterocycles. The summed E-state index contributed by atoms with van der Waals surface area (Å²) < 4.78 is 6.76. The van der Waals surface area contributed by atoms with Gasteiger partial charge in [-0.25, -0.2) is 0 Å². The molecule has 5 rings (SSSR count). The molecule has 3 aromatic carbocycles. The van der Waals surface area contributed by atoms with Gasteiger partial charge in [-0.05, 0) is 0 Å². The third-order valence-electron chi connectivity index (χ3n) is 6.58. The van der Waals surface area contributed by atoms with Crippen molar-refractivity contribution in [2.75, 3.05) is 12.0 Å². The van der Waals surface area contributed by atoms with Gasteiger partial charge in [0.1, 0.15) is 0 Å². The molecule has 1 unspecified atom stereocenters. The van der Waals surface area contributed by atoms with Crippen molar-refractivity contribution in [2.45, 2.75) is 43.3 Å². The molecule has 1 aliphatic heterocycles. The van der Waals surface area contributed by atoms with E-state index in [0.29, 0.717) is 3.67 Å². The first-order valence-electron chi connectivity index (χ1n) is 10.9. The zero-order valence-corrected chi connectivity index (χ0v) is 22.5. The number of hydrogen-bond acceptors (Lipinski definition) is 2. The first-order valence-corrected chi connectivity index (χ1v) is 13.0. The normalized spacial score (nSPS) is 17.0. The Balaban J connectivity index is 1.84. The number of para-hydroxylation sites is 1. The molecule has 0 bridgehead atoms. The summed E-state index contributed by atoms with van der Waals surface area (Å²) in [5.74, 6) is 1.01. The van der Waals surface area contributed by atoms with Crippen molar-refractivity contribution in [1.29, 1.82) is 0 Å². The molecular weight excluding hydrogens is 545 g/mol. The standard InChI is InChI=1S/C28H28NO.Hf/c1-18-14-20-16-24(28(2,3)4)27(30-5)26(23(20)15-18)29-17-19-10-6-7-11-21(19)22-12-8-9-13-25(22)29;/h6-16H,17H2,1-5H3;. The summed E-state index contributed by atoms with van der Waals surface area (Å²) in [6.45, 7) is 10.00. The summed E-state index contributed by atoms with van der Waals surface area (Å²) >= 11 is 1.12. The number of hydrogen-bond donors (Lipinski definition) is 0. The number of allylic oxidation sites excluding steroid dienone is 1. The Hall–Kier alpha value is -2.13. The fourth-order valence-corrected chi connectivity index (χ4v) is 6.13. The van der Waals surface area contributed by atoms with Crippen molar-refractivity contribution in [2.24, 2.45) is 0 Å². The minimum absolute atomic E-state index is 0.000105. The Morgan fingerprint density at radius 1 is 1.00 bits per heavy atom. The van der Waals surface area contributed by atoms with Gasteiger partial charge in [0.25, 0.3) is 0 Å². The van der Waals surface area contributed by atoms with Crippen molar-refractivity contribution < 1.29 is 29.1 Å². The molecule has 0 spiro atoms. The molecule has 155 valence electrons. The van der Waals surface area contributed by atoms with Crippen LogP contribution < -0.4 is 9.64 Å². The fraction of sp³-hybridized carbons (Fsp3) is 0.286. The molecule has 2 nitrogen and oxygen atoms in total. The SMILES string of the molecule is COc1c(C(C)(C)C)cc2c(c1N1Cc3ccccc3-c3ccccc31)C=C(C)[CH]2[Hf]. The Kier molecular flexibility index (Phi) is 5.01. The summed E-state index contributed by atoms with van der Waals surface area (Å²) in [6.07, 6.45) is 2.40. The van der Waals surface area contributed by atoms with E-state index < -0.39 is 0 Å². The van der Waals surface area contributed by atoms with Crippen LogP contribution in [-0.2, 0) is 36.3 Å². The van der Waals surface area contributed by atoms with E-state index in [4.69, 9.17) is 4.74 Å². The van der Waals surface area contributed by atoms with Crippen molar-refractivity contribution in [3.63, 3.8) is 0 Å². The van der Waals surface area contributed by atoms with E-state index in [1.54, 1.807) is 0 Å². The van der Waals surface area contributed by atoms with Gasteiger partial charge in [0.2, 0.25) is 0 Å². The molecule has 0 N–H and O–H groups in total. The number of nitrogens with zero attached hydrogens (tertiary/aromatic N) is 1. The van der Waals surface area contributed by atoms with Crippen LogP contribution in [-0.4, -0.2) is 7.11 Å². The van der Waals surface area contributed by atoms with E-state index in [1.165, 1.54) is 50.3 Å². The van der Waals surface area contributed by atoms with E-state index >= 15 is 0 Å². The first kappa shape index (κ1) is 20.8. The maximum atomic E-state index is 6.20. The molecule has 0 saturated heterocycles. The van der Waals surface area contributed by atoms with Gasteiger partial charge in [-0.1, -0.05) is 0 Å². The van der Waals surface area contributed by atoms with Gasteiger partial charge in [0, 0.05) is 0 Å². The zero-order chi connectivity index (χ0) is 21.9. The quantitative estimate of drug-likeness (QED) is 0.298. The molecule has 1 atom stereocenters. The fourth-order valence-electron chi connectivity index (χ4n) is 4.98. The monoisotopic (exact) mass is 574 g/mol. The second-order valence-electron chi connectivity index (χ2n) is 9.64. The number of rotatable bonds is 2. The van der Waals surface area contributed by atoms with E-state index in [1.807, 2.05) is 7.11 Å². The van der Waals surface area contributed by atoms with E-state index in [0.717, 1.165) is 36.7 Å². The van der Waals surface area contributed by atoms with Gasteiger partial charge in [-0.3, -0.25) is 0 Å². The van der Waals surface area contributed by atoms with Gasteiger partial charge in [-0.15, -0.1) is 0 Å². The number of anilines is 2. The molecule has 0 aromatic heterocycles. The number of benzene rings is 3. The van der Waals surface area contributed by atoms with Crippen LogP contribution in [0.15, 0.2) is 60.2 Å². The summed E-state index contributed by atoms with van der Waals surface area (Å²) in [7, 11) is 1.83. The third-order valence-corrected chi connectivity index (χ3v) is 9.33. The first-order chi connectivity index (χ1) is 14.8. The Bertz CT molecular complexity index is 1220. The topological polar surface area (TPSA) is 12.5 Å². The second-order valence-corrected chi connectivity index (χ2v) is 11.7. The van der Waals surface area contributed by atoms with Crippen LogP contribution >= 0.6 is 0 Å². The third kappa shape index (κ3) is 3.24. The van der Waals surface area contributed by atoms with E-state index in [2.05, 4.69) is 93.3 Å². The summed E-state index contributed by atoms with van der Waals surface area (Å²) in [5, 5.41) is 0. The second kappa shape index (κ2) is 7.48. The molecule has 31 heavy (non-hydrogen) atoms. The Labute approximate surface area is 200 Å². The van der Waals surface area contributed by atoms with Crippen LogP contribution in [0.5, 0.6) is 5.75 Å².